The van der Waals surface area contributed by atoms with Crippen molar-refractivity contribution in [1.82, 2.24) is 14.5 Å². The standard InChI is InChI=1S/C12H7ClN4O2/c13-6-1-2-7-8(5-6)16-3-4-17-11(16)9(14-7)10(18)15-12(17)19/h1-2,5H,3-4H2/p+1. The van der Waals surface area contributed by atoms with Crippen LogP contribution < -0.4 is 15.8 Å². The normalized spacial score (nSPS) is 13.5. The van der Waals surface area contributed by atoms with E-state index < -0.39 is 11.2 Å². The number of benzene rings is 1. The maximum Gasteiger partial charge on any atom is 0.416 e. The van der Waals surface area contributed by atoms with Gasteiger partial charge in [0, 0.05) is 11.1 Å². The van der Waals surface area contributed by atoms with E-state index in [0.29, 0.717) is 29.3 Å². The molecule has 0 saturated heterocycles. The second-order valence-electron chi connectivity index (χ2n) is 4.48. The number of aromatic amines is 1. The monoisotopic (exact) mass is 275 g/mol. The molecule has 0 amide bonds. The number of aromatic nitrogens is 4. The molecule has 1 aliphatic rings. The van der Waals surface area contributed by atoms with E-state index in [1.165, 1.54) is 4.57 Å². The van der Waals surface area contributed by atoms with Gasteiger partial charge in [-0.1, -0.05) is 11.6 Å². The number of fused-ring (bicyclic) bond motifs is 2. The summed E-state index contributed by atoms with van der Waals surface area (Å²) >= 11 is 6.00. The molecule has 6 nitrogen and oxygen atoms in total. The summed E-state index contributed by atoms with van der Waals surface area (Å²) in [7, 11) is 0. The van der Waals surface area contributed by atoms with Crippen molar-refractivity contribution in [3.8, 4) is 0 Å². The molecule has 3 aromatic rings. The average molecular weight is 276 g/mol. The molecule has 0 aliphatic carbocycles. The van der Waals surface area contributed by atoms with Gasteiger partial charge in [0.05, 0.1) is 0 Å². The fraction of sp³-hybridized carbons (Fsp3) is 0.167. The van der Waals surface area contributed by atoms with Crippen LogP contribution in [0.15, 0.2) is 27.8 Å². The Morgan fingerprint density at radius 1 is 1.37 bits per heavy atom. The predicted octanol–water partition coefficient (Wildman–Crippen LogP) is 0.193. The van der Waals surface area contributed by atoms with Crippen LogP contribution in [0.4, 0.5) is 0 Å². The Labute approximate surface area is 110 Å². The van der Waals surface area contributed by atoms with Crippen molar-refractivity contribution < 1.29 is 4.57 Å². The van der Waals surface area contributed by atoms with E-state index in [4.69, 9.17) is 11.6 Å². The number of halogens is 1. The minimum Gasteiger partial charge on any atom is -0.267 e. The third-order valence-electron chi connectivity index (χ3n) is 3.41. The molecule has 2 aromatic heterocycles. The number of nitrogens with zero attached hydrogens (tertiary/aromatic N) is 3. The quantitative estimate of drug-likeness (QED) is 0.470. The molecule has 4 rings (SSSR count). The number of hydrogen-bond acceptors (Lipinski definition) is 3. The third-order valence-corrected chi connectivity index (χ3v) is 3.65. The van der Waals surface area contributed by atoms with Gasteiger partial charge in [0.2, 0.25) is 5.52 Å². The SMILES string of the molecule is O=c1[nH]c(=O)n2c3c1nc1ccc(Cl)cc1[n+]3CC2. The first-order valence-corrected chi connectivity index (χ1v) is 6.19. The van der Waals surface area contributed by atoms with Crippen molar-refractivity contribution in [1.29, 1.82) is 0 Å². The number of rotatable bonds is 0. The van der Waals surface area contributed by atoms with Crippen LogP contribution in [0.25, 0.3) is 22.2 Å². The highest BCUT2D eigenvalue weighted by atomic mass is 35.5. The zero-order valence-electron chi connectivity index (χ0n) is 9.68. The Morgan fingerprint density at radius 3 is 3.05 bits per heavy atom. The summed E-state index contributed by atoms with van der Waals surface area (Å²) in [5, 5.41) is 0.600. The van der Waals surface area contributed by atoms with Gasteiger partial charge >= 0.3 is 11.3 Å². The first-order chi connectivity index (χ1) is 9.15. The van der Waals surface area contributed by atoms with Crippen molar-refractivity contribution in [2.75, 3.05) is 0 Å². The van der Waals surface area contributed by atoms with Crippen molar-refractivity contribution in [3.05, 3.63) is 44.1 Å². The summed E-state index contributed by atoms with van der Waals surface area (Å²) in [6, 6.07) is 5.30. The second kappa shape index (κ2) is 3.42. The summed E-state index contributed by atoms with van der Waals surface area (Å²) < 4.78 is 3.45. The van der Waals surface area contributed by atoms with E-state index in [2.05, 4.69) is 9.97 Å². The highest BCUT2D eigenvalue weighted by Gasteiger charge is 2.28. The van der Waals surface area contributed by atoms with Crippen LogP contribution in [0.3, 0.4) is 0 Å². The molecule has 1 N–H and O–H groups in total. The fourth-order valence-electron chi connectivity index (χ4n) is 2.60. The first kappa shape index (κ1) is 10.7. The van der Waals surface area contributed by atoms with Crippen LogP contribution in [0.5, 0.6) is 0 Å². The van der Waals surface area contributed by atoms with Crippen LogP contribution >= 0.6 is 11.6 Å². The molecule has 7 heteroatoms. The maximum atomic E-state index is 11.9. The largest absolute Gasteiger partial charge is 0.416 e. The minimum absolute atomic E-state index is 0.284. The second-order valence-corrected chi connectivity index (χ2v) is 4.92. The van der Waals surface area contributed by atoms with E-state index in [9.17, 15) is 9.59 Å². The van der Waals surface area contributed by atoms with Gasteiger partial charge in [-0.15, -0.1) is 0 Å². The summed E-state index contributed by atoms with van der Waals surface area (Å²) in [6.07, 6.45) is 0. The minimum atomic E-state index is -0.455. The Morgan fingerprint density at radius 2 is 2.21 bits per heavy atom. The van der Waals surface area contributed by atoms with Gasteiger partial charge < -0.3 is 0 Å². The highest BCUT2D eigenvalue weighted by Crippen LogP contribution is 2.18. The topological polar surface area (TPSA) is 71.6 Å². The van der Waals surface area contributed by atoms with E-state index >= 15 is 0 Å². The van der Waals surface area contributed by atoms with Crippen LogP contribution in [0.2, 0.25) is 5.02 Å². The van der Waals surface area contributed by atoms with Crippen LogP contribution in [0, 0.1) is 0 Å². The van der Waals surface area contributed by atoms with Crippen LogP contribution in [-0.2, 0) is 13.1 Å². The van der Waals surface area contributed by atoms with Crippen LogP contribution in [0.1, 0.15) is 0 Å². The van der Waals surface area contributed by atoms with E-state index in [0.717, 1.165) is 5.52 Å². The van der Waals surface area contributed by atoms with E-state index in [1.54, 1.807) is 18.2 Å². The number of hydrogen-bond donors (Lipinski definition) is 1. The molecule has 94 valence electrons. The van der Waals surface area contributed by atoms with Crippen molar-refractivity contribution in [2.45, 2.75) is 13.1 Å². The molecule has 0 fully saturated rings. The molecular formula is C12H8ClN4O2+. The van der Waals surface area contributed by atoms with Gasteiger partial charge in [-0.2, -0.15) is 4.57 Å². The van der Waals surface area contributed by atoms with Gasteiger partial charge in [-0.05, 0) is 12.1 Å². The lowest BCUT2D eigenvalue weighted by Gasteiger charge is -2.01. The zero-order chi connectivity index (χ0) is 13.1. The maximum absolute atomic E-state index is 11.9. The summed E-state index contributed by atoms with van der Waals surface area (Å²) in [6.45, 7) is 1.15. The molecule has 0 bridgehead atoms. The van der Waals surface area contributed by atoms with Crippen molar-refractivity contribution >= 4 is 33.8 Å². The lowest BCUT2D eigenvalue weighted by molar-refractivity contribution is -0.637. The number of H-pyrrole nitrogens is 1. The predicted molar refractivity (Wildman–Crippen MR) is 69.3 cm³/mol. The molecular weight excluding hydrogens is 268 g/mol. The lowest BCUT2D eigenvalue weighted by atomic mass is 10.3. The molecule has 0 saturated carbocycles. The van der Waals surface area contributed by atoms with Gasteiger partial charge in [0.25, 0.3) is 5.56 Å². The molecule has 0 spiro atoms. The summed E-state index contributed by atoms with van der Waals surface area (Å²) in [5.41, 5.74) is 1.51. The third kappa shape index (κ3) is 1.31. The molecule has 0 atom stereocenters. The summed E-state index contributed by atoms with van der Waals surface area (Å²) in [4.78, 5) is 30.3. The molecule has 0 unspecified atom stereocenters. The van der Waals surface area contributed by atoms with Gasteiger partial charge in [-0.3, -0.25) is 9.78 Å². The van der Waals surface area contributed by atoms with Crippen molar-refractivity contribution in [3.63, 3.8) is 0 Å². The smallest absolute Gasteiger partial charge is 0.267 e. The zero-order valence-corrected chi connectivity index (χ0v) is 10.4. The molecule has 1 aliphatic heterocycles. The number of aryl methyl sites for hydroxylation is 2. The Bertz CT molecular complexity index is 973. The fourth-order valence-corrected chi connectivity index (χ4v) is 2.77. The van der Waals surface area contributed by atoms with Crippen molar-refractivity contribution in [2.24, 2.45) is 0 Å². The van der Waals surface area contributed by atoms with Gasteiger partial charge in [0.15, 0.2) is 5.52 Å². The molecule has 19 heavy (non-hydrogen) atoms. The highest BCUT2D eigenvalue weighted by molar-refractivity contribution is 6.31. The Kier molecular flexibility index (Phi) is 1.92. The number of nitrogens with one attached hydrogen (secondary N) is 1. The van der Waals surface area contributed by atoms with Gasteiger partial charge in [0.1, 0.15) is 18.6 Å². The molecule has 0 radical (unpaired) electrons. The van der Waals surface area contributed by atoms with Gasteiger partial charge in [-0.25, -0.2) is 14.3 Å². The van der Waals surface area contributed by atoms with E-state index in [1.807, 2.05) is 4.57 Å². The Hall–Kier alpha value is -2.21. The Balaban J connectivity index is 2.37. The summed E-state index contributed by atoms with van der Waals surface area (Å²) in [5.74, 6) is 0. The first-order valence-electron chi connectivity index (χ1n) is 5.81. The van der Waals surface area contributed by atoms with Crippen LogP contribution in [-0.4, -0.2) is 14.5 Å². The van der Waals surface area contributed by atoms with E-state index in [-0.39, 0.29) is 5.52 Å². The lowest BCUT2D eigenvalue weighted by Crippen LogP contribution is -2.36. The molecule has 3 heterocycles. The average Bonchev–Trinajstić information content (AvgIpc) is 2.82. The molecule has 1 aromatic carbocycles.